The maximum atomic E-state index is 2.93. The summed E-state index contributed by atoms with van der Waals surface area (Å²) in [5.74, 6) is 0. The first-order chi connectivity index (χ1) is 41.7. The smallest absolute Gasteiger partial charge is 0.0503 e. The first-order valence-electron chi connectivity index (χ1n) is 32.2. The molecule has 6 heteroatoms. The topological polar surface area (TPSA) is 19.4 Å². The summed E-state index contributed by atoms with van der Waals surface area (Å²) in [6, 6.07) is 92.9. The molecule has 0 N–H and O–H groups in total. The van der Waals surface area contributed by atoms with Crippen molar-refractivity contribution in [2.24, 2.45) is 0 Å². The third-order valence-corrected chi connectivity index (χ3v) is 18.7. The molecule has 4 saturated carbocycles. The van der Waals surface area contributed by atoms with Crippen molar-refractivity contribution in [1.82, 2.24) is 0 Å². The van der Waals surface area contributed by atoms with Gasteiger partial charge in [0.25, 0.3) is 0 Å². The van der Waals surface area contributed by atoms with Crippen LogP contribution in [-0.4, -0.2) is 24.2 Å². The second-order valence-corrected chi connectivity index (χ2v) is 24.3. The Morgan fingerprint density at radius 2 is 0.345 bits per heavy atom. The van der Waals surface area contributed by atoms with Gasteiger partial charge < -0.3 is 29.4 Å². The Balaban J connectivity index is 1.02. The average Bonchev–Trinajstić information content (AvgIpc) is 3.37. The fraction of sp³-hybridized carbons (Fsp3) is 0.308. The van der Waals surface area contributed by atoms with E-state index < -0.39 is 0 Å². The molecule has 4 aliphatic carbocycles. The van der Waals surface area contributed by atoms with Crippen molar-refractivity contribution < 1.29 is 0 Å². The molecule has 0 bridgehead atoms. The Bertz CT molecular complexity index is 3120. The van der Waals surface area contributed by atoms with Gasteiger partial charge in [-0.2, -0.15) is 0 Å². The monoisotopic (exact) mass is 1100 g/mol. The van der Waals surface area contributed by atoms with E-state index in [0.29, 0.717) is 24.2 Å². The van der Waals surface area contributed by atoms with Gasteiger partial charge in [0, 0.05) is 81.0 Å². The molecule has 13 rings (SSSR count). The van der Waals surface area contributed by atoms with Gasteiger partial charge in [-0.05, 0) is 179 Å². The van der Waals surface area contributed by atoms with Crippen molar-refractivity contribution in [3.63, 3.8) is 0 Å². The molecule has 4 aliphatic rings. The van der Waals surface area contributed by atoms with Crippen molar-refractivity contribution in [3.05, 3.63) is 243 Å². The lowest BCUT2D eigenvalue weighted by Crippen LogP contribution is -2.45. The van der Waals surface area contributed by atoms with Crippen LogP contribution in [0, 0.1) is 0 Å². The number of hydrogen-bond donors (Lipinski definition) is 0. The van der Waals surface area contributed by atoms with Crippen LogP contribution in [0.2, 0.25) is 0 Å². The van der Waals surface area contributed by atoms with E-state index in [1.165, 1.54) is 140 Å². The minimum Gasteiger partial charge on any atom is -0.365 e. The van der Waals surface area contributed by atoms with Crippen LogP contribution >= 0.6 is 0 Å². The van der Waals surface area contributed by atoms with Gasteiger partial charge in [0.05, 0.1) is 22.7 Å². The van der Waals surface area contributed by atoms with Crippen LogP contribution in [-0.2, 0) is 0 Å². The van der Waals surface area contributed by atoms with Gasteiger partial charge in [-0.15, -0.1) is 0 Å². The highest BCUT2D eigenvalue weighted by molar-refractivity contribution is 5.90. The molecule has 4 fully saturated rings. The molecular weight excluding hydrogens is 1020 g/mol. The van der Waals surface area contributed by atoms with E-state index in [0.717, 1.165) is 68.2 Å². The molecule has 84 heavy (non-hydrogen) atoms. The molecule has 9 aromatic rings. The molecule has 0 spiro atoms. The van der Waals surface area contributed by atoms with Gasteiger partial charge in [-0.1, -0.05) is 192 Å². The third-order valence-electron chi connectivity index (χ3n) is 18.7. The molecule has 426 valence electrons. The molecule has 0 radical (unpaired) electrons. The highest BCUT2D eigenvalue weighted by atomic mass is 15.2. The molecule has 0 atom stereocenters. The highest BCUT2D eigenvalue weighted by Crippen LogP contribution is 2.49. The van der Waals surface area contributed by atoms with Crippen LogP contribution in [0.5, 0.6) is 0 Å². The van der Waals surface area contributed by atoms with Crippen LogP contribution in [0.3, 0.4) is 0 Å². The SMILES string of the molecule is c1ccc(N(c2ccccc2)c2cc(N(c3ccccc3)c3cccc(N(c4ccccc4)c4cc(N(c5ccccc5)c5ccccc5)cc(N(C5CCCCC5)C5CCCCC5)c4)c3)cc(N(C3CCCCC3)C3CCCCC3)c2)cc1. The number of hydrogen-bond acceptors (Lipinski definition) is 6. The van der Waals surface area contributed by atoms with Crippen molar-refractivity contribution >= 4 is 79.6 Å². The molecule has 9 aromatic carbocycles. The summed E-state index contributed by atoms with van der Waals surface area (Å²) in [4.78, 5) is 15.9. The standard InChI is InChI=1S/C78H84N6/c1-11-32-61(33-12-1)79(62-34-13-2-14-35-62)73-55-74(80(63-36-15-3-16-37-63)64-38-17-4-18-39-64)58-77(57-73)83(69-48-27-9-28-49-69)71-52-31-53-72(54-71)84(70-50-29-10-30-51-70)78-59-75(81(65-40-19-5-20-41-65)66-42-21-6-22-43-66)56-76(60-78)82(67-44-23-7-24-45-67)68-46-25-8-26-47-68/h1-2,5-6,9-14,19-22,27-35,40-43,48-60,63-64,67-68H,3-4,7-8,15-18,23-26,36-39,44-47H2. The van der Waals surface area contributed by atoms with E-state index in [1.807, 2.05) is 0 Å². The molecule has 0 saturated heterocycles. The van der Waals surface area contributed by atoms with Gasteiger partial charge >= 0.3 is 0 Å². The quantitative estimate of drug-likeness (QED) is 0.0847. The predicted octanol–water partition coefficient (Wildman–Crippen LogP) is 22.5. The van der Waals surface area contributed by atoms with Crippen LogP contribution in [0.25, 0.3) is 0 Å². The Morgan fingerprint density at radius 3 is 0.571 bits per heavy atom. The normalized spacial score (nSPS) is 16.4. The van der Waals surface area contributed by atoms with E-state index in [9.17, 15) is 0 Å². The van der Waals surface area contributed by atoms with E-state index in [4.69, 9.17) is 0 Å². The number of benzene rings is 9. The Hall–Kier alpha value is -8.22. The minimum atomic E-state index is 0.507. The first kappa shape index (κ1) is 55.0. The first-order valence-corrected chi connectivity index (χ1v) is 32.2. The number of rotatable bonds is 18. The summed E-state index contributed by atoms with van der Waals surface area (Å²) in [6.07, 6.45) is 25.6. The second kappa shape index (κ2) is 26.6. The molecule has 0 aliphatic heterocycles. The molecule has 6 nitrogen and oxygen atoms in total. The van der Waals surface area contributed by atoms with Crippen molar-refractivity contribution in [1.29, 1.82) is 0 Å². The van der Waals surface area contributed by atoms with E-state index >= 15 is 0 Å². The summed E-state index contributed by atoms with van der Waals surface area (Å²) in [6.45, 7) is 0. The summed E-state index contributed by atoms with van der Waals surface area (Å²) in [7, 11) is 0. The van der Waals surface area contributed by atoms with Crippen molar-refractivity contribution in [2.75, 3.05) is 29.4 Å². The van der Waals surface area contributed by atoms with Gasteiger partial charge in [0.15, 0.2) is 0 Å². The van der Waals surface area contributed by atoms with Crippen LogP contribution in [0.15, 0.2) is 243 Å². The summed E-state index contributed by atoms with van der Waals surface area (Å²) >= 11 is 0. The van der Waals surface area contributed by atoms with Crippen LogP contribution in [0.4, 0.5) is 79.6 Å². The zero-order valence-corrected chi connectivity index (χ0v) is 49.2. The van der Waals surface area contributed by atoms with E-state index in [-0.39, 0.29) is 0 Å². The summed E-state index contributed by atoms with van der Waals surface area (Å²) in [5.41, 5.74) is 16.3. The van der Waals surface area contributed by atoms with Gasteiger partial charge in [0.2, 0.25) is 0 Å². The van der Waals surface area contributed by atoms with Crippen LogP contribution in [0.1, 0.15) is 128 Å². The lowest BCUT2D eigenvalue weighted by Gasteiger charge is -2.44. The predicted molar refractivity (Wildman–Crippen MR) is 358 cm³/mol. The van der Waals surface area contributed by atoms with Gasteiger partial charge in [-0.3, -0.25) is 0 Å². The van der Waals surface area contributed by atoms with Crippen molar-refractivity contribution in [2.45, 2.75) is 153 Å². The zero-order chi connectivity index (χ0) is 56.3. The van der Waals surface area contributed by atoms with E-state index in [1.54, 1.807) is 0 Å². The van der Waals surface area contributed by atoms with Gasteiger partial charge in [0.1, 0.15) is 0 Å². The summed E-state index contributed by atoms with van der Waals surface area (Å²) < 4.78 is 0. The maximum Gasteiger partial charge on any atom is 0.0503 e. The average molecular weight is 1110 g/mol. The van der Waals surface area contributed by atoms with Crippen molar-refractivity contribution in [3.8, 4) is 0 Å². The number of nitrogens with zero attached hydrogens (tertiary/aromatic N) is 6. The fourth-order valence-corrected chi connectivity index (χ4v) is 14.9. The highest BCUT2D eigenvalue weighted by Gasteiger charge is 2.34. The number of anilines is 14. The van der Waals surface area contributed by atoms with Crippen LogP contribution < -0.4 is 29.4 Å². The number of para-hydroxylation sites is 6. The summed E-state index contributed by atoms with van der Waals surface area (Å²) in [5, 5.41) is 0. The fourth-order valence-electron chi connectivity index (χ4n) is 14.9. The largest absolute Gasteiger partial charge is 0.365 e. The molecular formula is C78H84N6. The Labute approximate surface area is 501 Å². The maximum absolute atomic E-state index is 2.93. The van der Waals surface area contributed by atoms with E-state index in [2.05, 4.69) is 272 Å². The zero-order valence-electron chi connectivity index (χ0n) is 49.2. The second-order valence-electron chi connectivity index (χ2n) is 24.3. The minimum absolute atomic E-state index is 0.507. The van der Waals surface area contributed by atoms with Gasteiger partial charge in [-0.25, -0.2) is 0 Å². The molecule has 0 amide bonds. The molecule has 0 unspecified atom stereocenters. The lowest BCUT2D eigenvalue weighted by atomic mass is 9.88. The third kappa shape index (κ3) is 12.4. The lowest BCUT2D eigenvalue weighted by molar-refractivity contribution is 0.340. The molecule has 0 aromatic heterocycles. The Kier molecular flexibility index (Phi) is 17.4. The Morgan fingerprint density at radius 1 is 0.167 bits per heavy atom. The molecule has 0 heterocycles.